The van der Waals surface area contributed by atoms with Crippen LogP contribution in [0.4, 0.5) is 0 Å². The van der Waals surface area contributed by atoms with Crippen molar-refractivity contribution in [3.63, 3.8) is 0 Å². The van der Waals surface area contributed by atoms with Crippen molar-refractivity contribution >= 4 is 17.7 Å². The van der Waals surface area contributed by atoms with Crippen LogP contribution in [0.1, 0.15) is 16.1 Å². The highest BCUT2D eigenvalue weighted by Crippen LogP contribution is 2.31. The van der Waals surface area contributed by atoms with E-state index in [4.69, 9.17) is 9.47 Å². The van der Waals surface area contributed by atoms with Crippen LogP contribution in [0.2, 0.25) is 0 Å². The van der Waals surface area contributed by atoms with Gasteiger partial charge in [0.2, 0.25) is 0 Å². The summed E-state index contributed by atoms with van der Waals surface area (Å²) in [5.41, 5.74) is 2.44. The first-order valence-corrected chi connectivity index (χ1v) is 10.2. The largest absolute Gasteiger partial charge is 0.486 e. The topological polar surface area (TPSA) is 56.6 Å². The van der Waals surface area contributed by atoms with Crippen LogP contribution in [-0.2, 0) is 6.54 Å². The number of amides is 1. The van der Waals surface area contributed by atoms with Crippen LogP contribution in [0.15, 0.2) is 59.9 Å². The molecular weight excluding hydrogens is 374 g/mol. The lowest BCUT2D eigenvalue weighted by Gasteiger charge is -2.21. The lowest BCUT2D eigenvalue weighted by atomic mass is 10.2. The maximum atomic E-state index is 13.2. The van der Waals surface area contributed by atoms with Crippen molar-refractivity contribution in [3.05, 3.63) is 66.0 Å². The van der Waals surface area contributed by atoms with E-state index in [1.165, 1.54) is 11.8 Å². The van der Waals surface area contributed by atoms with Crippen molar-refractivity contribution < 1.29 is 14.3 Å². The van der Waals surface area contributed by atoms with Crippen molar-refractivity contribution in [1.82, 2.24) is 14.5 Å². The zero-order chi connectivity index (χ0) is 19.5. The molecule has 0 N–H and O–H groups in total. The average Bonchev–Trinajstić information content (AvgIpc) is 3.17. The van der Waals surface area contributed by atoms with Crippen LogP contribution in [0, 0.1) is 0 Å². The molecule has 3 aromatic rings. The number of aromatic nitrogens is 2. The number of nitrogens with zero attached hydrogens (tertiary/aromatic N) is 3. The van der Waals surface area contributed by atoms with Gasteiger partial charge in [0.25, 0.3) is 5.91 Å². The maximum Gasteiger partial charge on any atom is 0.272 e. The average molecular weight is 395 g/mol. The number of para-hydroxylation sites is 1. The SMILES string of the molecule is CSc1ncc(C(=O)N(C)Cc2ccc3c(c2)OCCO3)n1-c1ccccc1. The molecular formula is C21H21N3O3S. The molecule has 0 aliphatic carbocycles. The Labute approximate surface area is 168 Å². The predicted octanol–water partition coefficient (Wildman–Crippen LogP) is 3.64. The fraction of sp³-hybridized carbons (Fsp3) is 0.238. The minimum absolute atomic E-state index is 0.0912. The molecule has 1 amide bonds. The summed E-state index contributed by atoms with van der Waals surface area (Å²) in [5.74, 6) is 1.38. The lowest BCUT2D eigenvalue weighted by Crippen LogP contribution is -2.28. The molecule has 0 atom stereocenters. The number of imidazole rings is 1. The number of carbonyl (C=O) groups excluding carboxylic acids is 1. The highest BCUT2D eigenvalue weighted by Gasteiger charge is 2.21. The third kappa shape index (κ3) is 3.57. The number of ether oxygens (including phenoxy) is 2. The van der Waals surface area contributed by atoms with E-state index in [2.05, 4.69) is 4.98 Å². The number of rotatable bonds is 5. The zero-order valence-corrected chi connectivity index (χ0v) is 16.6. The van der Waals surface area contributed by atoms with Gasteiger partial charge in [0.15, 0.2) is 16.7 Å². The van der Waals surface area contributed by atoms with Gasteiger partial charge in [-0.1, -0.05) is 36.0 Å². The standard InChI is InChI=1S/C21H21N3O3S/c1-23(14-15-8-9-18-19(12-15)27-11-10-26-18)20(25)17-13-22-21(28-2)24(17)16-6-4-3-5-7-16/h3-9,12-13H,10-11,14H2,1-2H3. The van der Waals surface area contributed by atoms with Crippen LogP contribution in [0.25, 0.3) is 5.69 Å². The molecule has 28 heavy (non-hydrogen) atoms. The Morgan fingerprint density at radius 1 is 1.14 bits per heavy atom. The maximum absolute atomic E-state index is 13.2. The fourth-order valence-corrected chi connectivity index (χ4v) is 3.73. The van der Waals surface area contributed by atoms with E-state index >= 15 is 0 Å². The van der Waals surface area contributed by atoms with Crippen LogP contribution in [0.5, 0.6) is 11.5 Å². The zero-order valence-electron chi connectivity index (χ0n) is 15.8. The van der Waals surface area contributed by atoms with E-state index in [1.807, 2.05) is 59.4 Å². The molecule has 1 aliphatic rings. The van der Waals surface area contributed by atoms with Gasteiger partial charge < -0.3 is 14.4 Å². The van der Waals surface area contributed by atoms with Gasteiger partial charge in [-0.25, -0.2) is 4.98 Å². The molecule has 0 spiro atoms. The van der Waals surface area contributed by atoms with Gasteiger partial charge in [-0.3, -0.25) is 9.36 Å². The molecule has 0 unspecified atom stereocenters. The third-order valence-corrected chi connectivity index (χ3v) is 5.17. The Hall–Kier alpha value is -2.93. The molecule has 2 aromatic carbocycles. The first kappa shape index (κ1) is 18.4. The molecule has 0 saturated heterocycles. The predicted molar refractivity (Wildman–Crippen MR) is 109 cm³/mol. The molecule has 7 heteroatoms. The van der Waals surface area contributed by atoms with E-state index < -0.39 is 0 Å². The third-order valence-electron chi connectivity index (χ3n) is 4.52. The molecule has 1 aliphatic heterocycles. The minimum Gasteiger partial charge on any atom is -0.486 e. The van der Waals surface area contributed by atoms with E-state index in [0.717, 1.165) is 27.9 Å². The summed E-state index contributed by atoms with van der Waals surface area (Å²) in [6.45, 7) is 1.56. The first-order chi connectivity index (χ1) is 13.7. The van der Waals surface area contributed by atoms with Crippen LogP contribution < -0.4 is 9.47 Å². The number of thioether (sulfide) groups is 1. The smallest absolute Gasteiger partial charge is 0.272 e. The highest BCUT2D eigenvalue weighted by atomic mass is 32.2. The van der Waals surface area contributed by atoms with E-state index in [1.54, 1.807) is 18.1 Å². The normalized spacial score (nSPS) is 12.6. The summed E-state index contributed by atoms with van der Waals surface area (Å²) in [5, 5.41) is 0.780. The number of fused-ring (bicyclic) bond motifs is 1. The number of hydrogen-bond acceptors (Lipinski definition) is 5. The van der Waals surface area contributed by atoms with Gasteiger partial charge in [0.05, 0.1) is 6.20 Å². The van der Waals surface area contributed by atoms with Crippen molar-refractivity contribution in [2.45, 2.75) is 11.7 Å². The van der Waals surface area contributed by atoms with Crippen molar-refractivity contribution in [2.75, 3.05) is 26.5 Å². The Kier molecular flexibility index (Phi) is 5.25. The molecule has 2 heterocycles. The summed E-state index contributed by atoms with van der Waals surface area (Å²) >= 11 is 1.51. The summed E-state index contributed by atoms with van der Waals surface area (Å²) < 4.78 is 13.1. The second-order valence-corrected chi connectivity index (χ2v) is 7.21. The second-order valence-electron chi connectivity index (χ2n) is 6.44. The van der Waals surface area contributed by atoms with Gasteiger partial charge in [-0.2, -0.15) is 0 Å². The van der Waals surface area contributed by atoms with Gasteiger partial charge >= 0.3 is 0 Å². The number of benzene rings is 2. The van der Waals surface area contributed by atoms with Crippen molar-refractivity contribution in [1.29, 1.82) is 0 Å². The van der Waals surface area contributed by atoms with Gasteiger partial charge in [-0.05, 0) is 36.1 Å². The Balaban J connectivity index is 1.59. The molecule has 6 nitrogen and oxygen atoms in total. The van der Waals surface area contributed by atoms with Gasteiger partial charge in [0, 0.05) is 19.3 Å². The summed E-state index contributed by atoms with van der Waals surface area (Å²) in [6, 6.07) is 15.6. The van der Waals surface area contributed by atoms with Crippen LogP contribution in [-0.4, -0.2) is 46.9 Å². The molecule has 0 radical (unpaired) electrons. The Bertz CT molecular complexity index is 988. The van der Waals surface area contributed by atoms with Crippen LogP contribution >= 0.6 is 11.8 Å². The lowest BCUT2D eigenvalue weighted by molar-refractivity contribution is 0.0776. The fourth-order valence-electron chi connectivity index (χ4n) is 3.18. The van der Waals surface area contributed by atoms with Gasteiger partial charge in [-0.15, -0.1) is 0 Å². The monoisotopic (exact) mass is 395 g/mol. The Morgan fingerprint density at radius 3 is 2.64 bits per heavy atom. The summed E-state index contributed by atoms with van der Waals surface area (Å²) in [7, 11) is 1.79. The molecule has 0 fully saturated rings. The molecule has 0 saturated carbocycles. The van der Waals surface area contributed by atoms with Crippen molar-refractivity contribution in [3.8, 4) is 17.2 Å². The molecule has 4 rings (SSSR count). The molecule has 1 aromatic heterocycles. The van der Waals surface area contributed by atoms with E-state index in [9.17, 15) is 4.79 Å². The molecule has 144 valence electrons. The van der Waals surface area contributed by atoms with Crippen LogP contribution in [0.3, 0.4) is 0 Å². The number of carbonyl (C=O) groups is 1. The quantitative estimate of drug-likeness (QED) is 0.618. The molecule has 0 bridgehead atoms. The second kappa shape index (κ2) is 7.98. The summed E-state index contributed by atoms with van der Waals surface area (Å²) in [6.07, 6.45) is 3.59. The number of hydrogen-bond donors (Lipinski definition) is 0. The highest BCUT2D eigenvalue weighted by molar-refractivity contribution is 7.98. The van der Waals surface area contributed by atoms with Crippen molar-refractivity contribution in [2.24, 2.45) is 0 Å². The Morgan fingerprint density at radius 2 is 1.89 bits per heavy atom. The minimum atomic E-state index is -0.0912. The van der Waals surface area contributed by atoms with Gasteiger partial charge in [0.1, 0.15) is 18.9 Å². The van der Waals surface area contributed by atoms with E-state index in [-0.39, 0.29) is 5.91 Å². The summed E-state index contributed by atoms with van der Waals surface area (Å²) in [4.78, 5) is 19.3. The van der Waals surface area contributed by atoms with E-state index in [0.29, 0.717) is 25.5 Å². The first-order valence-electron chi connectivity index (χ1n) is 8.98.